The van der Waals surface area contributed by atoms with E-state index in [-0.39, 0.29) is 47.8 Å². The minimum absolute atomic E-state index is 0.0165. The zero-order valence-corrected chi connectivity index (χ0v) is 21.2. The van der Waals surface area contributed by atoms with Gasteiger partial charge < -0.3 is 14.2 Å². The predicted molar refractivity (Wildman–Crippen MR) is 126 cm³/mol. The molecule has 2 N–H and O–H groups in total. The molecule has 1 aromatic carbocycles. The van der Waals surface area contributed by atoms with Crippen molar-refractivity contribution >= 4 is 35.0 Å². The van der Waals surface area contributed by atoms with E-state index in [1.807, 2.05) is 0 Å². The van der Waals surface area contributed by atoms with E-state index in [1.54, 1.807) is 0 Å². The number of benzene rings is 1. The first-order valence-electron chi connectivity index (χ1n) is 11.7. The average molecular weight is 589 g/mol. The summed E-state index contributed by atoms with van der Waals surface area (Å²) in [4.78, 5) is 39.7. The lowest BCUT2D eigenvalue weighted by Gasteiger charge is -2.50. The Labute approximate surface area is 226 Å². The van der Waals surface area contributed by atoms with Gasteiger partial charge in [-0.1, -0.05) is 29.3 Å². The molecule has 3 aromatic rings. The molecule has 3 fully saturated rings. The van der Waals surface area contributed by atoms with E-state index in [2.05, 4.69) is 20.4 Å². The molecule has 4 heterocycles. The van der Waals surface area contributed by atoms with Crippen LogP contribution in [0.3, 0.4) is 0 Å². The predicted octanol–water partition coefficient (Wildman–Crippen LogP) is 3.26. The van der Waals surface area contributed by atoms with Crippen molar-refractivity contribution in [2.45, 2.75) is 24.2 Å². The molecule has 2 aliphatic heterocycles. The highest BCUT2D eigenvalue weighted by molar-refractivity contribution is 6.42. The molecular formula is C23H18Cl2F4N6O4. The molecule has 0 radical (unpaired) electrons. The van der Waals surface area contributed by atoms with Crippen LogP contribution in [-0.2, 0) is 10.7 Å². The monoisotopic (exact) mass is 588 g/mol. The molecule has 2 saturated heterocycles. The zero-order chi connectivity index (χ0) is 27.9. The molecule has 1 saturated carbocycles. The number of aromatic amines is 2. The quantitative estimate of drug-likeness (QED) is 0.440. The van der Waals surface area contributed by atoms with E-state index in [0.717, 1.165) is 18.2 Å². The molecule has 2 aromatic heterocycles. The molecule has 6 rings (SSSR count). The summed E-state index contributed by atoms with van der Waals surface area (Å²) >= 11 is 11.7. The molecule has 10 nitrogen and oxygen atoms in total. The van der Waals surface area contributed by atoms with Crippen LogP contribution >= 0.6 is 23.2 Å². The number of nitrogens with zero attached hydrogens (tertiary/aromatic N) is 4. The second kappa shape index (κ2) is 8.55. The molecule has 1 spiro atoms. The maximum atomic E-state index is 15.2. The molecule has 3 aliphatic rings. The van der Waals surface area contributed by atoms with Crippen molar-refractivity contribution in [2.75, 3.05) is 26.2 Å². The molecule has 2 atom stereocenters. The standard InChI is InChI=1S/C23H18Cl2F4N6O4/c24-13-2-1-10(3-14(13)25)23(28,29)20-33-32-17(39-20)12-6-34(19(38)15-4-16(36)31-30-15)7-21(12)8-35(9-21)18(37)11-5-22(11,26)27/h1-4,11-12H,5-9H2,(H2,30,31,36)/t11-,12?/m1/s1. The van der Waals surface area contributed by atoms with Crippen molar-refractivity contribution in [3.8, 4) is 0 Å². The Balaban J connectivity index is 1.29. The third-order valence-corrected chi connectivity index (χ3v) is 8.24. The molecule has 206 valence electrons. The van der Waals surface area contributed by atoms with Crippen molar-refractivity contribution in [2.24, 2.45) is 11.3 Å². The van der Waals surface area contributed by atoms with Crippen LogP contribution in [0.5, 0.6) is 0 Å². The van der Waals surface area contributed by atoms with E-state index < -0.39 is 64.3 Å². The minimum atomic E-state index is -3.73. The van der Waals surface area contributed by atoms with Gasteiger partial charge in [-0.3, -0.25) is 24.6 Å². The third-order valence-electron chi connectivity index (χ3n) is 7.50. The summed E-state index contributed by atoms with van der Waals surface area (Å²) in [5.41, 5.74) is -2.00. The summed E-state index contributed by atoms with van der Waals surface area (Å²) in [6, 6.07) is 4.31. The van der Waals surface area contributed by atoms with Crippen LogP contribution in [0.25, 0.3) is 0 Å². The van der Waals surface area contributed by atoms with Crippen LogP contribution in [0.1, 0.15) is 40.2 Å². The number of alkyl halides is 4. The van der Waals surface area contributed by atoms with Gasteiger partial charge in [-0.15, -0.1) is 10.2 Å². The summed E-state index contributed by atoms with van der Waals surface area (Å²) < 4.78 is 62.9. The van der Waals surface area contributed by atoms with Crippen molar-refractivity contribution in [1.82, 2.24) is 30.2 Å². The number of nitrogens with one attached hydrogen (secondary N) is 2. The van der Waals surface area contributed by atoms with E-state index >= 15 is 8.78 Å². The van der Waals surface area contributed by atoms with Crippen molar-refractivity contribution in [3.05, 3.63) is 67.7 Å². The van der Waals surface area contributed by atoms with Crippen molar-refractivity contribution < 1.29 is 31.6 Å². The minimum Gasteiger partial charge on any atom is -0.419 e. The highest BCUT2D eigenvalue weighted by Crippen LogP contribution is 2.54. The molecule has 1 unspecified atom stereocenters. The highest BCUT2D eigenvalue weighted by Gasteiger charge is 2.66. The van der Waals surface area contributed by atoms with Gasteiger partial charge in [-0.25, -0.2) is 8.78 Å². The largest absolute Gasteiger partial charge is 0.419 e. The lowest BCUT2D eigenvalue weighted by Crippen LogP contribution is -2.62. The van der Waals surface area contributed by atoms with Gasteiger partial charge >= 0.3 is 5.92 Å². The third kappa shape index (κ3) is 4.20. The fraction of sp³-hybridized carbons (Fsp3) is 0.435. The number of rotatable bonds is 5. The average Bonchev–Trinajstić information content (AvgIpc) is 3.33. The van der Waals surface area contributed by atoms with Crippen LogP contribution in [-0.4, -0.2) is 74.1 Å². The molecule has 2 amide bonds. The Kier molecular flexibility index (Phi) is 5.67. The Morgan fingerprint density at radius 2 is 1.74 bits per heavy atom. The summed E-state index contributed by atoms with van der Waals surface area (Å²) in [5, 5.41) is 12.1. The fourth-order valence-corrected chi connectivity index (χ4v) is 5.59. The normalized spacial score (nSPS) is 23.2. The molecule has 39 heavy (non-hydrogen) atoms. The van der Waals surface area contributed by atoms with Gasteiger partial charge in [0.1, 0.15) is 11.6 Å². The molecule has 0 bridgehead atoms. The van der Waals surface area contributed by atoms with Crippen LogP contribution < -0.4 is 5.56 Å². The maximum absolute atomic E-state index is 15.2. The Morgan fingerprint density at radius 1 is 1.05 bits per heavy atom. The lowest BCUT2D eigenvalue weighted by atomic mass is 9.71. The first-order chi connectivity index (χ1) is 18.3. The molecule has 1 aliphatic carbocycles. The van der Waals surface area contributed by atoms with Crippen LogP contribution in [0.2, 0.25) is 10.0 Å². The lowest BCUT2D eigenvalue weighted by molar-refractivity contribution is -0.147. The Bertz CT molecular complexity index is 1550. The number of aromatic nitrogens is 4. The van der Waals surface area contributed by atoms with Gasteiger partial charge in [0.2, 0.25) is 11.8 Å². The zero-order valence-electron chi connectivity index (χ0n) is 19.7. The first-order valence-corrected chi connectivity index (χ1v) is 12.5. The molecule has 16 heteroatoms. The number of H-pyrrole nitrogens is 2. The van der Waals surface area contributed by atoms with Crippen molar-refractivity contribution in [1.29, 1.82) is 0 Å². The van der Waals surface area contributed by atoms with Gasteiger partial charge in [0, 0.05) is 49.6 Å². The topological polar surface area (TPSA) is 128 Å². The number of likely N-dealkylation sites (tertiary alicyclic amines) is 2. The number of hydrogen-bond donors (Lipinski definition) is 2. The van der Waals surface area contributed by atoms with E-state index in [9.17, 15) is 23.2 Å². The van der Waals surface area contributed by atoms with Crippen LogP contribution in [0, 0.1) is 11.3 Å². The second-order valence-electron chi connectivity index (χ2n) is 10.1. The highest BCUT2D eigenvalue weighted by atomic mass is 35.5. The van der Waals surface area contributed by atoms with Crippen LogP contribution in [0.4, 0.5) is 17.6 Å². The number of carbonyl (C=O) groups is 2. The van der Waals surface area contributed by atoms with Gasteiger partial charge in [-0.2, -0.15) is 8.78 Å². The Morgan fingerprint density at radius 3 is 2.36 bits per heavy atom. The maximum Gasteiger partial charge on any atom is 0.349 e. The van der Waals surface area contributed by atoms with Gasteiger partial charge in [0.25, 0.3) is 23.3 Å². The number of halogens is 6. The Hall–Kier alpha value is -3.39. The number of carbonyl (C=O) groups excluding carboxylic acids is 2. The van der Waals surface area contributed by atoms with E-state index in [0.29, 0.717) is 0 Å². The SMILES string of the molecule is O=C(c1cc(=O)[nH][nH]1)N1CC(c2nnc(C(F)(F)c3ccc(Cl)c(Cl)c3)o2)C2(C1)CN(C(=O)[C@H]1CC1(F)F)C2. The van der Waals surface area contributed by atoms with Crippen molar-refractivity contribution in [3.63, 3.8) is 0 Å². The summed E-state index contributed by atoms with van der Waals surface area (Å²) in [7, 11) is 0. The van der Waals surface area contributed by atoms with Gasteiger partial charge in [0.05, 0.1) is 16.0 Å². The summed E-state index contributed by atoms with van der Waals surface area (Å²) in [6.07, 6.45) is -0.527. The van der Waals surface area contributed by atoms with Gasteiger partial charge in [0.15, 0.2) is 0 Å². The van der Waals surface area contributed by atoms with E-state index in [1.165, 1.54) is 15.9 Å². The first kappa shape index (κ1) is 25.9. The van der Waals surface area contributed by atoms with Crippen LogP contribution in [0.15, 0.2) is 33.5 Å². The molecular weight excluding hydrogens is 571 g/mol. The summed E-state index contributed by atoms with van der Waals surface area (Å²) in [6.45, 7) is -0.0576. The number of amides is 2. The second-order valence-corrected chi connectivity index (χ2v) is 10.9. The smallest absolute Gasteiger partial charge is 0.349 e. The van der Waals surface area contributed by atoms with Gasteiger partial charge in [-0.05, 0) is 12.1 Å². The number of hydrogen-bond acceptors (Lipinski definition) is 6. The van der Waals surface area contributed by atoms with E-state index in [4.69, 9.17) is 27.6 Å². The fourth-order valence-electron chi connectivity index (χ4n) is 5.29. The summed E-state index contributed by atoms with van der Waals surface area (Å²) in [5.74, 6) is -11.4.